The zero-order chi connectivity index (χ0) is 17.9. The fourth-order valence-electron chi connectivity index (χ4n) is 2.28. The predicted octanol–water partition coefficient (Wildman–Crippen LogP) is 3.78. The molecule has 0 aliphatic carbocycles. The van der Waals surface area contributed by atoms with Crippen molar-refractivity contribution in [3.05, 3.63) is 71.0 Å². The van der Waals surface area contributed by atoms with Gasteiger partial charge in [0.1, 0.15) is 10.8 Å². The fourth-order valence-corrected chi connectivity index (χ4v) is 4.20. The SMILES string of the molecule is Cc1ccc(-c2nc(CCNS(=O)(=O)c3cccc(F)c3)cs2)cc1. The molecule has 0 saturated carbocycles. The number of hydrogen-bond donors (Lipinski definition) is 1. The van der Waals surface area contributed by atoms with Gasteiger partial charge in [-0.3, -0.25) is 0 Å². The van der Waals surface area contributed by atoms with Crippen molar-refractivity contribution in [3.63, 3.8) is 0 Å². The lowest BCUT2D eigenvalue weighted by Gasteiger charge is -2.05. The molecule has 2 aromatic carbocycles. The molecule has 1 aromatic heterocycles. The molecule has 0 unspecified atom stereocenters. The summed E-state index contributed by atoms with van der Waals surface area (Å²) in [7, 11) is -3.72. The molecule has 0 atom stereocenters. The molecule has 0 bridgehead atoms. The first kappa shape index (κ1) is 17.7. The van der Waals surface area contributed by atoms with Crippen LogP contribution in [0.15, 0.2) is 58.8 Å². The number of nitrogens with one attached hydrogen (secondary N) is 1. The molecule has 25 heavy (non-hydrogen) atoms. The molecule has 4 nitrogen and oxygen atoms in total. The van der Waals surface area contributed by atoms with Crippen molar-refractivity contribution < 1.29 is 12.8 Å². The summed E-state index contributed by atoms with van der Waals surface area (Å²) in [5, 5.41) is 2.83. The summed E-state index contributed by atoms with van der Waals surface area (Å²) in [5.74, 6) is -0.579. The second-order valence-electron chi connectivity index (χ2n) is 5.62. The number of benzene rings is 2. The molecule has 0 aliphatic heterocycles. The van der Waals surface area contributed by atoms with Crippen LogP contribution in [-0.4, -0.2) is 19.9 Å². The van der Waals surface area contributed by atoms with Gasteiger partial charge in [-0.25, -0.2) is 22.5 Å². The lowest BCUT2D eigenvalue weighted by molar-refractivity contribution is 0.577. The summed E-state index contributed by atoms with van der Waals surface area (Å²) in [5.41, 5.74) is 3.05. The quantitative estimate of drug-likeness (QED) is 0.712. The molecule has 130 valence electrons. The Hall–Kier alpha value is -2.09. The smallest absolute Gasteiger partial charge is 0.240 e. The van der Waals surface area contributed by atoms with Crippen LogP contribution in [0.5, 0.6) is 0 Å². The Balaban J connectivity index is 1.62. The van der Waals surface area contributed by atoms with Gasteiger partial charge in [0.25, 0.3) is 0 Å². The van der Waals surface area contributed by atoms with Gasteiger partial charge in [0, 0.05) is 23.9 Å². The van der Waals surface area contributed by atoms with Gasteiger partial charge in [0.2, 0.25) is 10.0 Å². The Labute approximate surface area is 150 Å². The number of halogens is 1. The van der Waals surface area contributed by atoms with Gasteiger partial charge < -0.3 is 0 Å². The Bertz CT molecular complexity index is 967. The van der Waals surface area contributed by atoms with E-state index >= 15 is 0 Å². The van der Waals surface area contributed by atoms with E-state index in [1.165, 1.54) is 35.1 Å². The standard InChI is InChI=1S/C18H17FN2O2S2/c1-13-5-7-14(8-6-13)18-21-16(12-24-18)9-10-20-25(22,23)17-4-2-3-15(19)11-17/h2-8,11-12,20H,9-10H2,1H3. The molecule has 0 radical (unpaired) electrons. The van der Waals surface area contributed by atoms with E-state index in [1.807, 2.05) is 36.6 Å². The number of hydrogen-bond acceptors (Lipinski definition) is 4. The van der Waals surface area contributed by atoms with Crippen LogP contribution >= 0.6 is 11.3 Å². The Morgan fingerprint density at radius 1 is 1.16 bits per heavy atom. The largest absolute Gasteiger partial charge is 0.241 e. The van der Waals surface area contributed by atoms with Crippen molar-refractivity contribution in [1.29, 1.82) is 0 Å². The van der Waals surface area contributed by atoms with E-state index in [9.17, 15) is 12.8 Å². The first-order chi connectivity index (χ1) is 11.9. The van der Waals surface area contributed by atoms with Crippen LogP contribution in [0.3, 0.4) is 0 Å². The summed E-state index contributed by atoms with van der Waals surface area (Å²) in [6.45, 7) is 2.23. The number of aryl methyl sites for hydroxylation is 1. The molecular formula is C18H17FN2O2S2. The maximum atomic E-state index is 13.2. The summed E-state index contributed by atoms with van der Waals surface area (Å²) in [4.78, 5) is 4.46. The zero-order valence-electron chi connectivity index (χ0n) is 13.6. The van der Waals surface area contributed by atoms with E-state index in [4.69, 9.17) is 0 Å². The second-order valence-corrected chi connectivity index (χ2v) is 8.24. The van der Waals surface area contributed by atoms with Gasteiger partial charge in [-0.2, -0.15) is 0 Å². The maximum absolute atomic E-state index is 13.2. The summed E-state index contributed by atoms with van der Waals surface area (Å²) < 4.78 is 39.9. The minimum absolute atomic E-state index is 0.0777. The molecule has 0 fully saturated rings. The number of thiazole rings is 1. The van der Waals surface area contributed by atoms with Crippen molar-refractivity contribution in [2.45, 2.75) is 18.2 Å². The first-order valence-corrected chi connectivity index (χ1v) is 10.1. The minimum Gasteiger partial charge on any atom is -0.241 e. The number of sulfonamides is 1. The highest BCUT2D eigenvalue weighted by Gasteiger charge is 2.14. The Morgan fingerprint density at radius 2 is 1.92 bits per heavy atom. The minimum atomic E-state index is -3.72. The Kier molecular flexibility index (Phi) is 5.27. The zero-order valence-corrected chi connectivity index (χ0v) is 15.2. The first-order valence-electron chi connectivity index (χ1n) is 7.71. The number of rotatable bonds is 6. The van der Waals surface area contributed by atoms with Crippen LogP contribution < -0.4 is 4.72 Å². The lowest BCUT2D eigenvalue weighted by Crippen LogP contribution is -2.26. The van der Waals surface area contributed by atoms with Crippen molar-refractivity contribution in [2.75, 3.05) is 6.54 Å². The average Bonchev–Trinajstić information content (AvgIpc) is 3.04. The molecule has 7 heteroatoms. The number of nitrogens with zero attached hydrogens (tertiary/aromatic N) is 1. The molecule has 3 rings (SSSR count). The molecule has 3 aromatic rings. The van der Waals surface area contributed by atoms with Crippen molar-refractivity contribution in [3.8, 4) is 10.6 Å². The van der Waals surface area contributed by atoms with Crippen molar-refractivity contribution in [2.24, 2.45) is 0 Å². The van der Waals surface area contributed by atoms with Gasteiger partial charge in [0.15, 0.2) is 0 Å². The van der Waals surface area contributed by atoms with E-state index in [0.717, 1.165) is 22.3 Å². The molecule has 1 N–H and O–H groups in total. The van der Waals surface area contributed by atoms with Crippen molar-refractivity contribution >= 4 is 21.4 Å². The third-order valence-corrected chi connectivity index (χ3v) is 6.03. The molecular weight excluding hydrogens is 359 g/mol. The summed E-state index contributed by atoms with van der Waals surface area (Å²) in [6.07, 6.45) is 0.469. The van der Waals surface area contributed by atoms with Crippen LogP contribution in [-0.2, 0) is 16.4 Å². The highest BCUT2D eigenvalue weighted by atomic mass is 32.2. The van der Waals surface area contributed by atoms with E-state index < -0.39 is 15.8 Å². The van der Waals surface area contributed by atoms with Gasteiger partial charge in [0.05, 0.1) is 10.6 Å². The van der Waals surface area contributed by atoms with E-state index in [0.29, 0.717) is 6.42 Å². The monoisotopic (exact) mass is 376 g/mol. The number of aromatic nitrogens is 1. The fraction of sp³-hybridized carbons (Fsp3) is 0.167. The molecule has 0 aliphatic rings. The van der Waals surface area contributed by atoms with Crippen LogP contribution in [0.1, 0.15) is 11.3 Å². The molecule has 0 saturated heterocycles. The predicted molar refractivity (Wildman–Crippen MR) is 97.6 cm³/mol. The maximum Gasteiger partial charge on any atom is 0.240 e. The highest BCUT2D eigenvalue weighted by Crippen LogP contribution is 2.24. The lowest BCUT2D eigenvalue weighted by atomic mass is 10.2. The summed E-state index contributed by atoms with van der Waals surface area (Å²) in [6, 6.07) is 13.0. The van der Waals surface area contributed by atoms with Crippen LogP contribution in [0, 0.1) is 12.7 Å². The summed E-state index contributed by atoms with van der Waals surface area (Å²) >= 11 is 1.53. The van der Waals surface area contributed by atoms with Crippen LogP contribution in [0.25, 0.3) is 10.6 Å². The molecule has 1 heterocycles. The van der Waals surface area contributed by atoms with Crippen LogP contribution in [0.4, 0.5) is 4.39 Å². The van der Waals surface area contributed by atoms with Crippen molar-refractivity contribution in [1.82, 2.24) is 9.71 Å². The van der Waals surface area contributed by atoms with Gasteiger partial charge in [-0.1, -0.05) is 35.9 Å². The molecule has 0 spiro atoms. The van der Waals surface area contributed by atoms with Crippen LogP contribution in [0.2, 0.25) is 0 Å². The third-order valence-electron chi connectivity index (χ3n) is 3.63. The second kappa shape index (κ2) is 7.43. The van der Waals surface area contributed by atoms with E-state index in [-0.39, 0.29) is 11.4 Å². The molecule has 0 amide bonds. The van der Waals surface area contributed by atoms with Gasteiger partial charge >= 0.3 is 0 Å². The topological polar surface area (TPSA) is 59.1 Å². The van der Waals surface area contributed by atoms with Gasteiger partial charge in [-0.15, -0.1) is 11.3 Å². The highest BCUT2D eigenvalue weighted by molar-refractivity contribution is 7.89. The average molecular weight is 376 g/mol. The Morgan fingerprint density at radius 3 is 2.64 bits per heavy atom. The van der Waals surface area contributed by atoms with E-state index in [1.54, 1.807) is 0 Å². The van der Waals surface area contributed by atoms with Gasteiger partial charge in [-0.05, 0) is 25.1 Å². The normalized spacial score (nSPS) is 11.6. The third kappa shape index (κ3) is 4.50. The van der Waals surface area contributed by atoms with E-state index in [2.05, 4.69) is 9.71 Å².